The van der Waals surface area contributed by atoms with Crippen LogP contribution in [-0.4, -0.2) is 33.6 Å². The van der Waals surface area contributed by atoms with Gasteiger partial charge in [0.1, 0.15) is 0 Å². The Hall–Kier alpha value is -1.61. The topological polar surface area (TPSA) is 75.3 Å². The van der Waals surface area contributed by atoms with Gasteiger partial charge in [-0.05, 0) is 50.6 Å². The summed E-state index contributed by atoms with van der Waals surface area (Å²) in [4.78, 5) is 12.2. The number of rotatable bonds is 4. The van der Waals surface area contributed by atoms with Crippen molar-refractivity contribution < 1.29 is 26.4 Å². The first-order valence-electron chi connectivity index (χ1n) is 7.54. The Kier molecular flexibility index (Phi) is 5.54. The number of hydrogen-bond acceptors (Lipinski definition) is 3. The normalized spacial score (nSPS) is 22.2. The van der Waals surface area contributed by atoms with Crippen molar-refractivity contribution in [3.8, 4) is 0 Å². The zero-order valence-corrected chi connectivity index (χ0v) is 13.9. The molecule has 0 bridgehead atoms. The minimum atomic E-state index is -4.24. The Morgan fingerprint density at radius 2 is 1.79 bits per heavy atom. The highest BCUT2D eigenvalue weighted by molar-refractivity contribution is 7.89. The van der Waals surface area contributed by atoms with Crippen molar-refractivity contribution >= 4 is 15.9 Å². The number of benzene rings is 1. The minimum Gasteiger partial charge on any atom is -0.349 e. The Balaban J connectivity index is 2.02. The fourth-order valence-electron chi connectivity index (χ4n) is 2.79. The highest BCUT2D eigenvalue weighted by atomic mass is 32.2. The van der Waals surface area contributed by atoms with Crippen molar-refractivity contribution in [3.05, 3.63) is 29.8 Å². The second-order valence-corrected chi connectivity index (χ2v) is 7.69. The summed E-state index contributed by atoms with van der Waals surface area (Å²) >= 11 is 0. The van der Waals surface area contributed by atoms with E-state index in [-0.39, 0.29) is 23.3 Å². The quantitative estimate of drug-likeness (QED) is 0.862. The smallest absolute Gasteiger partial charge is 0.349 e. The third-order valence-corrected chi connectivity index (χ3v) is 5.60. The van der Waals surface area contributed by atoms with E-state index in [0.717, 1.165) is 0 Å². The summed E-state index contributed by atoms with van der Waals surface area (Å²) in [6.45, 7) is 0. The molecule has 1 aromatic carbocycles. The molecule has 2 N–H and O–H groups in total. The van der Waals surface area contributed by atoms with Gasteiger partial charge in [0.25, 0.3) is 5.91 Å². The lowest BCUT2D eigenvalue weighted by molar-refractivity contribution is -0.183. The van der Waals surface area contributed by atoms with E-state index in [1.165, 1.54) is 31.3 Å². The maximum atomic E-state index is 12.8. The summed E-state index contributed by atoms with van der Waals surface area (Å²) in [5.74, 6) is -1.89. The van der Waals surface area contributed by atoms with E-state index in [4.69, 9.17) is 0 Å². The van der Waals surface area contributed by atoms with E-state index in [0.29, 0.717) is 12.8 Å². The third-order valence-electron chi connectivity index (χ3n) is 4.17. The maximum absolute atomic E-state index is 12.8. The van der Waals surface area contributed by atoms with Crippen LogP contribution in [0.2, 0.25) is 0 Å². The summed E-state index contributed by atoms with van der Waals surface area (Å²) in [6.07, 6.45) is -3.36. The SMILES string of the molecule is CNS(=O)(=O)c1ccc(C(=O)N[C@H]2CCC[C@H](C(F)(F)F)C2)cc1. The van der Waals surface area contributed by atoms with Crippen LogP contribution >= 0.6 is 0 Å². The van der Waals surface area contributed by atoms with Gasteiger partial charge in [-0.3, -0.25) is 4.79 Å². The zero-order valence-electron chi connectivity index (χ0n) is 13.1. The van der Waals surface area contributed by atoms with Gasteiger partial charge in [0, 0.05) is 11.6 Å². The average Bonchev–Trinajstić information content (AvgIpc) is 2.54. The van der Waals surface area contributed by atoms with Crippen LogP contribution in [0, 0.1) is 5.92 Å². The van der Waals surface area contributed by atoms with Crippen molar-refractivity contribution in [2.45, 2.75) is 42.8 Å². The van der Waals surface area contributed by atoms with Gasteiger partial charge < -0.3 is 5.32 Å². The maximum Gasteiger partial charge on any atom is 0.391 e. The predicted octanol–water partition coefficient (Wildman–Crippen LogP) is 2.45. The average molecular weight is 364 g/mol. The van der Waals surface area contributed by atoms with Crippen LogP contribution in [0.4, 0.5) is 13.2 Å². The van der Waals surface area contributed by atoms with Gasteiger partial charge in [-0.2, -0.15) is 13.2 Å². The van der Waals surface area contributed by atoms with Crippen LogP contribution < -0.4 is 10.0 Å². The Morgan fingerprint density at radius 3 is 2.33 bits per heavy atom. The molecule has 2 rings (SSSR count). The Labute approximate surface area is 138 Å². The summed E-state index contributed by atoms with van der Waals surface area (Å²) in [5.41, 5.74) is 0.208. The highest BCUT2D eigenvalue weighted by Gasteiger charge is 2.42. The van der Waals surface area contributed by atoms with Crippen LogP contribution in [0.5, 0.6) is 0 Å². The second kappa shape index (κ2) is 7.10. The van der Waals surface area contributed by atoms with Crippen LogP contribution in [-0.2, 0) is 10.0 Å². The van der Waals surface area contributed by atoms with Crippen LogP contribution in [0.1, 0.15) is 36.0 Å². The molecule has 24 heavy (non-hydrogen) atoms. The molecule has 0 saturated heterocycles. The van der Waals surface area contributed by atoms with Crippen molar-refractivity contribution in [2.75, 3.05) is 7.05 Å². The Bertz CT molecular complexity index is 687. The molecule has 0 aromatic heterocycles. The minimum absolute atomic E-state index is 0.0105. The van der Waals surface area contributed by atoms with Crippen molar-refractivity contribution in [2.24, 2.45) is 5.92 Å². The van der Waals surface area contributed by atoms with Gasteiger partial charge in [0.2, 0.25) is 10.0 Å². The van der Waals surface area contributed by atoms with E-state index in [1.807, 2.05) is 0 Å². The summed E-state index contributed by atoms with van der Waals surface area (Å²) in [7, 11) is -2.32. The number of hydrogen-bond donors (Lipinski definition) is 2. The number of carbonyl (C=O) groups is 1. The van der Waals surface area contributed by atoms with Gasteiger partial charge in [-0.1, -0.05) is 6.42 Å². The molecule has 1 aliphatic carbocycles. The predicted molar refractivity (Wildman–Crippen MR) is 82.0 cm³/mol. The molecule has 0 spiro atoms. The first kappa shape index (κ1) is 18.7. The first-order valence-corrected chi connectivity index (χ1v) is 9.03. The van der Waals surface area contributed by atoms with Gasteiger partial charge in [0.05, 0.1) is 10.8 Å². The molecule has 134 valence electrons. The van der Waals surface area contributed by atoms with Crippen LogP contribution in [0.15, 0.2) is 29.2 Å². The van der Waals surface area contributed by atoms with Gasteiger partial charge in [0.15, 0.2) is 0 Å². The van der Waals surface area contributed by atoms with Crippen molar-refractivity contribution in [1.82, 2.24) is 10.0 Å². The second-order valence-electron chi connectivity index (χ2n) is 5.81. The molecule has 1 fully saturated rings. The molecule has 1 saturated carbocycles. The zero-order chi connectivity index (χ0) is 18.0. The fourth-order valence-corrected chi connectivity index (χ4v) is 3.52. The lowest BCUT2D eigenvalue weighted by atomic mass is 9.85. The standard InChI is InChI=1S/C15H19F3N2O3S/c1-19-24(22,23)13-7-5-10(6-8-13)14(21)20-12-4-2-3-11(9-12)15(16,17)18/h5-8,11-12,19H,2-4,9H2,1H3,(H,20,21)/t11-,12-/m0/s1. The lowest BCUT2D eigenvalue weighted by Crippen LogP contribution is -2.41. The van der Waals surface area contributed by atoms with Crippen LogP contribution in [0.3, 0.4) is 0 Å². The number of amides is 1. The fraction of sp³-hybridized carbons (Fsp3) is 0.533. The molecule has 0 unspecified atom stereocenters. The van der Waals surface area contributed by atoms with Crippen LogP contribution in [0.25, 0.3) is 0 Å². The lowest BCUT2D eigenvalue weighted by Gasteiger charge is -2.31. The molecule has 1 amide bonds. The summed E-state index contributed by atoms with van der Waals surface area (Å²) in [5, 5.41) is 2.61. The largest absolute Gasteiger partial charge is 0.391 e. The number of alkyl halides is 3. The number of nitrogens with one attached hydrogen (secondary N) is 2. The first-order chi connectivity index (χ1) is 11.1. The highest BCUT2D eigenvalue weighted by Crippen LogP contribution is 2.37. The monoisotopic (exact) mass is 364 g/mol. The molecule has 1 aromatic rings. The molecule has 9 heteroatoms. The number of halogens is 3. The van der Waals surface area contributed by atoms with E-state index in [9.17, 15) is 26.4 Å². The molecule has 5 nitrogen and oxygen atoms in total. The summed E-state index contributed by atoms with van der Waals surface area (Å²) in [6, 6.07) is 4.70. The van der Waals surface area contributed by atoms with Gasteiger partial charge >= 0.3 is 6.18 Å². The van der Waals surface area contributed by atoms with E-state index in [2.05, 4.69) is 10.0 Å². The molecule has 1 aliphatic rings. The van der Waals surface area contributed by atoms with Crippen molar-refractivity contribution in [3.63, 3.8) is 0 Å². The van der Waals surface area contributed by atoms with Crippen molar-refractivity contribution in [1.29, 1.82) is 0 Å². The van der Waals surface area contributed by atoms with Gasteiger partial charge in [-0.15, -0.1) is 0 Å². The molecule has 0 heterocycles. The molecule has 0 radical (unpaired) electrons. The number of carbonyl (C=O) groups excluding carboxylic acids is 1. The molecular formula is C15H19F3N2O3S. The number of sulfonamides is 1. The molecule has 2 atom stereocenters. The van der Waals surface area contributed by atoms with E-state index in [1.54, 1.807) is 0 Å². The summed E-state index contributed by atoms with van der Waals surface area (Å²) < 4.78 is 63.7. The van der Waals surface area contributed by atoms with E-state index >= 15 is 0 Å². The molecular weight excluding hydrogens is 345 g/mol. The van der Waals surface area contributed by atoms with Gasteiger partial charge in [-0.25, -0.2) is 13.1 Å². The molecule has 0 aliphatic heterocycles. The van der Waals surface area contributed by atoms with E-state index < -0.39 is 34.1 Å². The Morgan fingerprint density at radius 1 is 1.17 bits per heavy atom. The third kappa shape index (κ3) is 4.47.